The van der Waals surface area contributed by atoms with Crippen LogP contribution < -0.4 is 4.90 Å². The summed E-state index contributed by atoms with van der Waals surface area (Å²) in [6, 6.07) is 11.3. The molecule has 0 spiro atoms. The Morgan fingerprint density at radius 1 is 0.957 bits per heavy atom. The highest BCUT2D eigenvalue weighted by molar-refractivity contribution is 7.85. The molecule has 0 fully saturated rings. The van der Waals surface area contributed by atoms with Crippen LogP contribution >= 0.6 is 11.6 Å². The normalized spacial score (nSPS) is 20.8. The van der Waals surface area contributed by atoms with Crippen molar-refractivity contribution in [1.82, 2.24) is 0 Å². The van der Waals surface area contributed by atoms with Crippen LogP contribution in [0, 0.1) is 6.92 Å². The number of hydrogen-bond donors (Lipinski definition) is 0. The number of methoxy groups -OCH3 is 2. The number of aryl methyl sites for hydroxylation is 1. The van der Waals surface area contributed by atoms with Gasteiger partial charge in [0.15, 0.2) is 12.3 Å². The van der Waals surface area contributed by atoms with E-state index in [2.05, 4.69) is 72.7 Å². The molecule has 0 radical (unpaired) electrons. The molecule has 0 unspecified atom stereocenters. The highest BCUT2D eigenvalue weighted by Gasteiger charge is 2.44. The first-order valence-electron chi connectivity index (χ1n) is 15.8. The summed E-state index contributed by atoms with van der Waals surface area (Å²) < 4.78 is 48.7. The van der Waals surface area contributed by atoms with Crippen LogP contribution in [0.5, 0.6) is 0 Å². The molecule has 0 saturated heterocycles. The molecule has 0 bridgehead atoms. The molecule has 1 aliphatic carbocycles. The minimum atomic E-state index is -4.58. The van der Waals surface area contributed by atoms with Gasteiger partial charge >= 0.3 is 0 Å². The fourth-order valence-corrected chi connectivity index (χ4v) is 7.83. The molecule has 0 saturated carbocycles. The fraction of sp³-hybridized carbons (Fsp3) is 0.432. The van der Waals surface area contributed by atoms with E-state index in [1.54, 1.807) is 20.3 Å². The zero-order chi connectivity index (χ0) is 33.4. The van der Waals surface area contributed by atoms with Gasteiger partial charge in [0.25, 0.3) is 0 Å². The van der Waals surface area contributed by atoms with Crippen molar-refractivity contribution in [3.63, 3.8) is 0 Å². The predicted octanol–water partition coefficient (Wildman–Crippen LogP) is 7.41. The van der Waals surface area contributed by atoms with E-state index in [4.69, 9.17) is 21.1 Å². The molecule has 5 rings (SSSR count). The fourth-order valence-electron chi connectivity index (χ4n) is 7.01. The largest absolute Gasteiger partial charge is 0.744 e. The molecule has 2 aromatic rings. The van der Waals surface area contributed by atoms with Crippen LogP contribution in [0.15, 0.2) is 87.5 Å². The Morgan fingerprint density at radius 2 is 1.70 bits per heavy atom. The van der Waals surface area contributed by atoms with Crippen LogP contribution in [-0.4, -0.2) is 63.8 Å². The van der Waals surface area contributed by atoms with Gasteiger partial charge in [0.05, 0.1) is 16.9 Å². The molecule has 3 aliphatic rings. The first kappa shape index (κ1) is 34.3. The summed E-state index contributed by atoms with van der Waals surface area (Å²) in [6.45, 7) is 13.2. The van der Waals surface area contributed by atoms with E-state index in [0.29, 0.717) is 19.8 Å². The van der Waals surface area contributed by atoms with E-state index in [-0.39, 0.29) is 10.3 Å². The molecule has 2 heterocycles. The van der Waals surface area contributed by atoms with Crippen molar-refractivity contribution in [2.45, 2.75) is 69.6 Å². The molecule has 246 valence electrons. The maximum atomic E-state index is 11.8. The van der Waals surface area contributed by atoms with Crippen molar-refractivity contribution in [2.75, 3.05) is 45.4 Å². The van der Waals surface area contributed by atoms with Gasteiger partial charge in [0.2, 0.25) is 5.69 Å². The number of fused-ring (bicyclic) bond motifs is 2. The maximum absolute atomic E-state index is 11.8. The summed E-state index contributed by atoms with van der Waals surface area (Å²) in [6.07, 6.45) is 11.3. The molecule has 0 amide bonds. The van der Waals surface area contributed by atoms with Gasteiger partial charge < -0.3 is 18.9 Å². The Balaban J connectivity index is 1.51. The number of hydrogen-bond acceptors (Lipinski definition) is 6. The molecule has 46 heavy (non-hydrogen) atoms. The zero-order valence-corrected chi connectivity index (χ0v) is 29.5. The molecule has 0 N–H and O–H groups in total. The SMILES string of the molecule is COCCN1/C(=C/C=C2\CCCC(/C=C/C3=[N+](CCOC)c4ccc(C)cc4C3(C)C)=C2Cl)C(C)(C)c2cc(S(=O)(=O)[O-])ccc21. The van der Waals surface area contributed by atoms with Crippen LogP contribution in [-0.2, 0) is 30.4 Å². The molecular formula is C37H45ClN2O5S. The molecule has 2 aliphatic heterocycles. The molecular weight excluding hydrogens is 620 g/mol. The van der Waals surface area contributed by atoms with Gasteiger partial charge in [-0.15, -0.1) is 0 Å². The predicted molar refractivity (Wildman–Crippen MR) is 185 cm³/mol. The van der Waals surface area contributed by atoms with E-state index >= 15 is 0 Å². The van der Waals surface area contributed by atoms with Gasteiger partial charge in [-0.1, -0.05) is 49.2 Å². The number of allylic oxidation sites excluding steroid dienone is 8. The summed E-state index contributed by atoms with van der Waals surface area (Å²) in [7, 11) is -1.19. The first-order valence-corrected chi connectivity index (χ1v) is 17.6. The van der Waals surface area contributed by atoms with Crippen molar-refractivity contribution >= 4 is 38.8 Å². The number of anilines is 1. The third kappa shape index (κ3) is 6.43. The van der Waals surface area contributed by atoms with E-state index in [0.717, 1.165) is 58.9 Å². The number of rotatable bonds is 10. The Kier molecular flexibility index (Phi) is 9.88. The number of nitrogens with zero attached hydrogens (tertiary/aromatic N) is 2. The average molecular weight is 665 g/mol. The Hall–Kier alpha value is -3.01. The van der Waals surface area contributed by atoms with E-state index in [1.165, 1.54) is 34.7 Å². The van der Waals surface area contributed by atoms with Crippen LogP contribution in [0.2, 0.25) is 0 Å². The second-order valence-electron chi connectivity index (χ2n) is 13.3. The second-order valence-corrected chi connectivity index (χ2v) is 15.1. The van der Waals surface area contributed by atoms with Crippen molar-refractivity contribution < 1.29 is 27.0 Å². The van der Waals surface area contributed by atoms with Gasteiger partial charge in [-0.2, -0.15) is 4.58 Å². The molecule has 0 atom stereocenters. The standard InChI is InChI=1S/C37H45ClN2O5S/c1-25-11-15-31-29(23-25)36(2,3)33(39(31)19-21-44-6)17-12-26-9-8-10-27(35(26)38)13-18-34-37(4,5)30-24-28(46(41,42)43)14-16-32(30)40(34)20-22-45-7/h11-18,23-24H,8-10,19-22H2,1-7H3. The van der Waals surface area contributed by atoms with E-state index in [1.807, 2.05) is 13.8 Å². The minimum Gasteiger partial charge on any atom is -0.744 e. The highest BCUT2D eigenvalue weighted by atomic mass is 35.5. The molecule has 9 heteroatoms. The summed E-state index contributed by atoms with van der Waals surface area (Å²) in [5.74, 6) is 0. The van der Waals surface area contributed by atoms with Crippen molar-refractivity contribution in [3.8, 4) is 0 Å². The van der Waals surface area contributed by atoms with E-state index in [9.17, 15) is 13.0 Å². The summed E-state index contributed by atoms with van der Waals surface area (Å²) >= 11 is 7.12. The Morgan fingerprint density at radius 3 is 2.39 bits per heavy atom. The quantitative estimate of drug-likeness (QED) is 0.194. The second kappa shape index (κ2) is 13.2. The van der Waals surface area contributed by atoms with Crippen molar-refractivity contribution in [2.24, 2.45) is 0 Å². The van der Waals surface area contributed by atoms with Gasteiger partial charge in [-0.25, -0.2) is 8.42 Å². The monoisotopic (exact) mass is 664 g/mol. The maximum Gasteiger partial charge on any atom is 0.209 e. The van der Waals surface area contributed by atoms with Crippen molar-refractivity contribution in [3.05, 3.63) is 99.3 Å². The molecule has 0 aromatic heterocycles. The van der Waals surface area contributed by atoms with Crippen LogP contribution in [0.1, 0.15) is 63.6 Å². The van der Waals surface area contributed by atoms with Gasteiger partial charge in [0, 0.05) is 60.3 Å². The summed E-state index contributed by atoms with van der Waals surface area (Å²) in [5, 5.41) is 0.768. The van der Waals surface area contributed by atoms with E-state index < -0.39 is 15.5 Å². The Bertz CT molecular complexity index is 1800. The zero-order valence-electron chi connectivity index (χ0n) is 27.9. The lowest BCUT2D eigenvalue weighted by Crippen LogP contribution is -2.29. The third-order valence-electron chi connectivity index (χ3n) is 9.58. The van der Waals surface area contributed by atoms with Crippen LogP contribution in [0.25, 0.3) is 0 Å². The van der Waals surface area contributed by atoms with Gasteiger partial charge in [0.1, 0.15) is 16.7 Å². The smallest absolute Gasteiger partial charge is 0.209 e. The topological polar surface area (TPSA) is 81.9 Å². The lowest BCUT2D eigenvalue weighted by molar-refractivity contribution is -0.441. The van der Waals surface area contributed by atoms with Gasteiger partial charge in [-0.3, -0.25) is 0 Å². The lowest BCUT2D eigenvalue weighted by Gasteiger charge is -2.27. The number of benzene rings is 2. The number of ether oxygens (including phenoxy) is 2. The lowest BCUT2D eigenvalue weighted by atomic mass is 9.80. The first-order chi connectivity index (χ1) is 21.7. The summed E-state index contributed by atoms with van der Waals surface area (Å²) in [5.41, 5.74) is 9.12. The highest BCUT2D eigenvalue weighted by Crippen LogP contribution is 2.49. The average Bonchev–Trinajstić information content (AvgIpc) is 3.34. The third-order valence-corrected chi connectivity index (χ3v) is 10.9. The minimum absolute atomic E-state index is 0.170. The van der Waals surface area contributed by atoms with Crippen molar-refractivity contribution in [1.29, 1.82) is 0 Å². The molecule has 2 aromatic carbocycles. The number of halogens is 1. The summed E-state index contributed by atoms with van der Waals surface area (Å²) in [4.78, 5) is 1.92. The van der Waals surface area contributed by atoms with Gasteiger partial charge in [-0.05, 0) is 87.1 Å². The Labute approximate surface area is 279 Å². The van der Waals surface area contributed by atoms with Crippen LogP contribution in [0.4, 0.5) is 11.4 Å². The molecule has 7 nitrogen and oxygen atoms in total. The van der Waals surface area contributed by atoms with Crippen LogP contribution in [0.3, 0.4) is 0 Å².